The number of aliphatic hydroxyl groups is 1. The summed E-state index contributed by atoms with van der Waals surface area (Å²) < 4.78 is 65.3. The van der Waals surface area contributed by atoms with Crippen LogP contribution < -0.4 is 48.7 Å². The van der Waals surface area contributed by atoms with Crippen LogP contribution in [0.5, 0.6) is 0 Å². The molecule has 41 nitrogen and oxygen atoms in total. The summed E-state index contributed by atoms with van der Waals surface area (Å²) in [6.07, 6.45) is -2.93. The number of phosphoric acid groups is 3. The number of aliphatic hydroxyl groups excluding tert-OH is 1. The topological polar surface area (TPSA) is 643 Å². The normalized spacial score (nSPS) is 16.5. The van der Waals surface area contributed by atoms with Gasteiger partial charge in [-0.15, -0.1) is 0 Å². The highest BCUT2D eigenvalue weighted by molar-refractivity contribution is 8.76. The summed E-state index contributed by atoms with van der Waals surface area (Å²) in [4.78, 5) is 178. The maximum Gasteiger partial charge on any atom is 0.490 e. The van der Waals surface area contributed by atoms with Crippen LogP contribution in [0.25, 0.3) is 33.3 Å². The molecule has 3 heterocycles. The Balaban J connectivity index is 0.000000374. The van der Waals surface area contributed by atoms with E-state index < -0.39 is 145 Å². The number of aliphatic carboxylic acids is 4. The van der Waals surface area contributed by atoms with Crippen molar-refractivity contribution in [1.82, 2.24) is 51.8 Å². The highest BCUT2D eigenvalue weighted by Crippen LogP contribution is 2.66. The largest absolute Gasteiger partial charge is 0.490 e. The third-order valence-corrected chi connectivity index (χ3v) is 24.8. The minimum absolute atomic E-state index is 0.00354. The van der Waals surface area contributed by atoms with E-state index in [1.54, 1.807) is 0 Å². The Labute approximate surface area is 697 Å². The van der Waals surface area contributed by atoms with Gasteiger partial charge in [-0.05, 0) is 70.2 Å². The van der Waals surface area contributed by atoms with Gasteiger partial charge in [0.2, 0.25) is 35.5 Å². The van der Waals surface area contributed by atoms with Gasteiger partial charge in [-0.3, -0.25) is 38.1 Å². The van der Waals surface area contributed by atoms with E-state index in [2.05, 4.69) is 84.8 Å². The molecule has 7 amide bonds. The summed E-state index contributed by atoms with van der Waals surface area (Å²) in [5.74, 6) is -2.69. The van der Waals surface area contributed by atoms with Crippen LogP contribution in [0.2, 0.25) is 0 Å². The fourth-order valence-corrected chi connectivity index (χ4v) is 18.2. The molecule has 648 valence electrons. The molecule has 3 aliphatic rings. The van der Waals surface area contributed by atoms with Crippen LogP contribution >= 0.6 is 57.7 Å². The number of unbranched alkanes of at least 4 members (excludes halogenated alkanes) is 4. The molecule has 9 unspecified atom stereocenters. The number of nitrogen functional groups attached to an aromatic ring is 2. The summed E-state index contributed by atoms with van der Waals surface area (Å²) >= 11 is 4.17. The van der Waals surface area contributed by atoms with E-state index in [1.165, 1.54) is 32.4 Å². The van der Waals surface area contributed by atoms with Gasteiger partial charge in [0, 0.05) is 74.1 Å². The minimum atomic E-state index is -5.80. The number of carbonyl (C=O) groups excluding carboxylic acids is 7. The summed E-state index contributed by atoms with van der Waals surface area (Å²) in [6, 6.07) is 26.5. The Morgan fingerprint density at radius 2 is 1.05 bits per heavy atom. The molecule has 120 heavy (non-hydrogen) atoms. The van der Waals surface area contributed by atoms with Gasteiger partial charge in [0.15, 0.2) is 5.65 Å². The van der Waals surface area contributed by atoms with E-state index >= 15 is 0 Å². The standard InChI is InChI=1S/C45H56N9O21P3S2.C28H33N3O8S/c46-40-39-25(21-54(41(39)53-44(47)52-40)37-20-33(55)34(73-37)23-72-77(67,68)75-78(69,70)74-76(64,65)66)9-8-17-48-35(56)15-18-79-80-24-32(42(60)49-16-7-1-2-14-36(57)50-31(43(61)62)19-38(58)59)51-45(63)71-22-30-28-12-5-3-10-26(28)27-11-4-6-13-29(27)30;32-24(30-22(27(36)37)14-25(33)34)12-2-1-7-13-29-26(35)23(16-40)31-28(38)39-15-21-19-10-5-3-8-17(19)18-9-4-6-11-20(18)21/h3-6,10-13,21,30-34,37,55H,1-2,7,14-20,22-24H2,(H,48,56)(H,49,60)(H,50,57)(H,51,63)(H,58,59)(H,61,62)(H,67,68)(H,69,70)(H2,64,65,66)(H4,46,47,52,53);3-6,8-11,21-23,40H,1-2,7,12-16H2,(H,29,35)(H,30,32)(H,31,38)(H,33,34)(H,36,37). The van der Waals surface area contributed by atoms with Crippen molar-refractivity contribution in [1.29, 1.82) is 0 Å². The van der Waals surface area contributed by atoms with Crippen molar-refractivity contribution >= 4 is 146 Å². The lowest BCUT2D eigenvalue weighted by atomic mass is 9.98. The van der Waals surface area contributed by atoms with Crippen LogP contribution in [0.4, 0.5) is 21.4 Å². The van der Waals surface area contributed by atoms with Crippen molar-refractivity contribution in [2.45, 2.75) is 131 Å². The quantitative estimate of drug-likeness (QED) is 0.00786. The lowest BCUT2D eigenvalue weighted by Gasteiger charge is -2.19. The number of ether oxygens (including phenoxy) is 3. The van der Waals surface area contributed by atoms with Gasteiger partial charge in [-0.25, -0.2) is 32.9 Å². The Morgan fingerprint density at radius 3 is 1.52 bits per heavy atom. The van der Waals surface area contributed by atoms with Crippen LogP contribution in [0, 0.1) is 11.8 Å². The van der Waals surface area contributed by atoms with Crippen molar-refractivity contribution in [2.75, 3.05) is 68.2 Å². The summed E-state index contributed by atoms with van der Waals surface area (Å²) in [5.41, 5.74) is 20.8. The van der Waals surface area contributed by atoms with Crippen molar-refractivity contribution in [2.24, 2.45) is 0 Å². The number of carbonyl (C=O) groups is 11. The number of benzene rings is 4. The number of amides is 7. The number of alkyl carbamates (subject to hydrolysis) is 2. The Hall–Kier alpha value is -10.2. The van der Waals surface area contributed by atoms with Crippen molar-refractivity contribution in [3.05, 3.63) is 131 Å². The molecule has 9 atom stereocenters. The predicted molar refractivity (Wildman–Crippen MR) is 435 cm³/mol. The Morgan fingerprint density at radius 1 is 0.575 bits per heavy atom. The number of carboxylic acids is 4. The SMILES string of the molecule is Nc1nc(N)c2c(C#CCNC(=O)CCSSCC(NC(=O)OCC3c4ccccc4-c4ccccc43)C(=O)NCCCCCC(=O)NC(CC(=O)O)C(=O)O)cn(C3CC(O)C(COP(=O)(O)OP(=O)(O)OP(=O)(O)O)O3)c2n1.O=C(O)CC(NC(=O)CCCCCNC(=O)C(CS)NC(=O)OCC1c2ccccc2-c2ccccc21)C(=O)O. The zero-order valence-corrected chi connectivity index (χ0v) is 68.9. The maximum atomic E-state index is 13.5. The molecule has 20 N–H and O–H groups in total. The summed E-state index contributed by atoms with van der Waals surface area (Å²) in [6.45, 7) is -0.491. The molecule has 0 radical (unpaired) electrons. The molecule has 1 aliphatic heterocycles. The van der Waals surface area contributed by atoms with Crippen molar-refractivity contribution in [3.63, 3.8) is 0 Å². The summed E-state index contributed by atoms with van der Waals surface area (Å²) in [5, 5.41) is 64.4. The van der Waals surface area contributed by atoms with E-state index in [0.29, 0.717) is 45.1 Å². The first-order valence-electron chi connectivity index (χ1n) is 36.9. The lowest BCUT2D eigenvalue weighted by Crippen LogP contribution is -2.48. The molecule has 0 spiro atoms. The number of nitrogens with two attached hydrogens (primary N) is 2. The number of hydrogen-bond acceptors (Lipinski definition) is 28. The highest BCUT2D eigenvalue weighted by Gasteiger charge is 2.44. The Kier molecular flexibility index (Phi) is 36.1. The molecule has 4 aromatic carbocycles. The first-order valence-corrected chi connectivity index (χ1v) is 44.6. The zero-order valence-electron chi connectivity index (χ0n) is 63.7. The number of hydrogen-bond donors (Lipinski definition) is 19. The van der Waals surface area contributed by atoms with Crippen LogP contribution in [-0.2, 0) is 84.2 Å². The molecule has 47 heteroatoms. The third-order valence-electron chi connectivity index (χ3n) is 18.2. The number of thiol groups is 1. The Bertz CT molecular complexity index is 4850. The number of nitrogens with zero attached hydrogens (tertiary/aromatic N) is 3. The smallest absolute Gasteiger partial charge is 0.481 e. The molecular formula is C73H89N12O29P3S3. The number of anilines is 2. The number of fused-ring (bicyclic) bond motifs is 7. The van der Waals surface area contributed by atoms with Gasteiger partial charge >= 0.3 is 59.5 Å². The second kappa shape index (κ2) is 45.5. The molecule has 2 aromatic heterocycles. The maximum absolute atomic E-state index is 13.5. The third kappa shape index (κ3) is 29.3. The minimum Gasteiger partial charge on any atom is -0.481 e. The van der Waals surface area contributed by atoms with Gasteiger partial charge in [-0.1, -0.05) is 143 Å². The van der Waals surface area contributed by atoms with Crippen LogP contribution in [0.3, 0.4) is 0 Å². The van der Waals surface area contributed by atoms with Gasteiger partial charge in [0.1, 0.15) is 55.5 Å². The molecular weight excluding hydrogens is 1700 g/mol. The fraction of sp³-hybridized carbons (Fsp3) is 0.411. The van der Waals surface area contributed by atoms with Crippen LogP contribution in [-0.4, -0.2) is 218 Å². The number of rotatable bonds is 44. The van der Waals surface area contributed by atoms with Crippen LogP contribution in [0.15, 0.2) is 103 Å². The molecule has 0 bridgehead atoms. The predicted octanol–water partition coefficient (Wildman–Crippen LogP) is 5.00. The molecule has 1 fully saturated rings. The number of phosphoric ester groups is 1. The van der Waals surface area contributed by atoms with Gasteiger partial charge < -0.3 is 113 Å². The number of aromatic nitrogens is 3. The zero-order chi connectivity index (χ0) is 87.4. The molecule has 2 aliphatic carbocycles. The second-order valence-corrected chi connectivity index (χ2v) is 34.3. The van der Waals surface area contributed by atoms with E-state index in [4.69, 9.17) is 50.8 Å². The van der Waals surface area contributed by atoms with E-state index in [0.717, 1.165) is 44.5 Å². The summed E-state index contributed by atoms with van der Waals surface area (Å²) in [7, 11) is -14.5. The lowest BCUT2D eigenvalue weighted by molar-refractivity contribution is -0.147. The van der Waals surface area contributed by atoms with Crippen molar-refractivity contribution in [3.8, 4) is 34.1 Å². The second-order valence-electron chi connectivity index (χ2n) is 26.9. The van der Waals surface area contributed by atoms with Gasteiger partial charge in [-0.2, -0.15) is 31.2 Å². The van der Waals surface area contributed by atoms with E-state index in [-0.39, 0.29) is 115 Å². The van der Waals surface area contributed by atoms with E-state index in [9.17, 15) is 86.4 Å². The fourth-order valence-electron chi connectivity index (χ4n) is 12.8. The van der Waals surface area contributed by atoms with Crippen molar-refractivity contribution < 1.29 is 139 Å². The average Bonchev–Trinajstić information content (AvgIpc) is 1.63. The number of nitrogens with one attached hydrogen (secondary N) is 7. The number of carboxylic acid groups (broad SMARTS) is 4. The molecule has 0 saturated carbocycles. The molecule has 1 saturated heterocycles. The van der Waals surface area contributed by atoms with E-state index in [1.807, 2.05) is 97.1 Å². The average molecular weight is 1790 g/mol. The monoisotopic (exact) mass is 1790 g/mol. The van der Waals surface area contributed by atoms with Gasteiger partial charge in [0.05, 0.1) is 43.0 Å². The van der Waals surface area contributed by atoms with Crippen LogP contribution in [0.1, 0.15) is 123 Å². The first-order chi connectivity index (χ1) is 57.0. The molecule has 6 aromatic rings. The van der Waals surface area contributed by atoms with Gasteiger partial charge in [0.25, 0.3) is 0 Å². The molecule has 9 rings (SSSR count). The highest BCUT2D eigenvalue weighted by atomic mass is 33.1. The first kappa shape index (κ1) is 95.3.